The van der Waals surface area contributed by atoms with Crippen LogP contribution in [-0.4, -0.2) is 58.6 Å². The zero-order valence-corrected chi connectivity index (χ0v) is 21.4. The Balaban J connectivity index is 2.84. The summed E-state index contributed by atoms with van der Waals surface area (Å²) < 4.78 is 50.4. The molecule has 0 aliphatic carbocycles. The molecular formula is C24H31NO9S. The molecular weight excluding hydrogens is 478 g/mol. The van der Waals surface area contributed by atoms with Crippen molar-refractivity contribution < 1.29 is 42.1 Å². The summed E-state index contributed by atoms with van der Waals surface area (Å²) in [5.41, 5.74) is 0.0972. The van der Waals surface area contributed by atoms with E-state index in [2.05, 4.69) is 4.72 Å². The second-order valence-electron chi connectivity index (χ2n) is 8.57. The zero-order chi connectivity index (χ0) is 26.4. The van der Waals surface area contributed by atoms with Crippen LogP contribution in [0.3, 0.4) is 0 Å². The maximum absolute atomic E-state index is 13.0. The molecule has 0 spiro atoms. The highest BCUT2D eigenvalue weighted by Crippen LogP contribution is 2.41. The Hall–Kier alpha value is -2.99. The molecule has 2 aromatic carbocycles. The average Bonchev–Trinajstić information content (AvgIpc) is 2.76. The number of nitrogens with one attached hydrogen (secondary N) is 1. The molecule has 192 valence electrons. The largest absolute Gasteiger partial charge is 0.496 e. The smallest absolute Gasteiger partial charge is 0.315 e. The predicted molar refractivity (Wildman–Crippen MR) is 128 cm³/mol. The van der Waals surface area contributed by atoms with Crippen LogP contribution in [0.15, 0.2) is 35.2 Å². The highest BCUT2D eigenvalue weighted by molar-refractivity contribution is 7.89. The number of aldehydes is 1. The van der Waals surface area contributed by atoms with Gasteiger partial charge < -0.3 is 24.1 Å². The molecule has 1 atom stereocenters. The van der Waals surface area contributed by atoms with E-state index in [1.54, 1.807) is 27.7 Å². The number of aliphatic carboxylic acids is 1. The summed E-state index contributed by atoms with van der Waals surface area (Å²) in [7, 11) is -1.17. The van der Waals surface area contributed by atoms with E-state index < -0.39 is 28.0 Å². The Morgan fingerprint density at radius 3 is 2.34 bits per heavy atom. The molecule has 0 aliphatic heterocycles. The first-order chi connectivity index (χ1) is 16.3. The van der Waals surface area contributed by atoms with Gasteiger partial charge in [0.1, 0.15) is 11.5 Å². The molecule has 0 heterocycles. The van der Waals surface area contributed by atoms with E-state index >= 15 is 0 Å². The number of ether oxygens (including phenoxy) is 4. The third-order valence-corrected chi connectivity index (χ3v) is 6.34. The van der Waals surface area contributed by atoms with Crippen LogP contribution >= 0.6 is 0 Å². The van der Waals surface area contributed by atoms with Gasteiger partial charge in [0.05, 0.1) is 30.6 Å². The van der Waals surface area contributed by atoms with Crippen molar-refractivity contribution in [3.63, 3.8) is 0 Å². The molecule has 0 aromatic heterocycles. The lowest BCUT2D eigenvalue weighted by atomic mass is 9.96. The second-order valence-corrected chi connectivity index (χ2v) is 10.2. The molecule has 0 amide bonds. The number of carbonyl (C=O) groups excluding carboxylic acids is 1. The topological polar surface area (TPSA) is 137 Å². The molecule has 10 nitrogen and oxygen atoms in total. The fourth-order valence-electron chi connectivity index (χ4n) is 3.32. The van der Waals surface area contributed by atoms with Gasteiger partial charge in [-0.25, -0.2) is 13.1 Å². The van der Waals surface area contributed by atoms with Crippen LogP contribution in [0.4, 0.5) is 0 Å². The van der Waals surface area contributed by atoms with Crippen molar-refractivity contribution in [1.29, 1.82) is 0 Å². The molecule has 0 saturated carbocycles. The highest BCUT2D eigenvalue weighted by Gasteiger charge is 2.26. The van der Waals surface area contributed by atoms with Gasteiger partial charge in [-0.1, -0.05) is 0 Å². The standard InChI is InChI=1S/C24H31NO9S/c1-7-33-23(32-6)34-22-16(14-26)10-15(12-21(27)28)11-19(22)18-13-17(8-9-20(18)31-5)35(29,30)25-24(2,3)4/h8-11,13-14,23,25H,7,12H2,1-6H3,(H,27,28). The molecule has 2 N–H and O–H groups in total. The summed E-state index contributed by atoms with van der Waals surface area (Å²) in [6.07, 6.45) is 0.135. The molecule has 0 aliphatic rings. The van der Waals surface area contributed by atoms with Crippen LogP contribution in [0.5, 0.6) is 11.5 Å². The number of hydrogen-bond donors (Lipinski definition) is 2. The molecule has 0 saturated heterocycles. The van der Waals surface area contributed by atoms with E-state index in [-0.39, 0.29) is 46.1 Å². The lowest BCUT2D eigenvalue weighted by molar-refractivity contribution is -0.231. The van der Waals surface area contributed by atoms with Crippen LogP contribution in [0.25, 0.3) is 11.1 Å². The third kappa shape index (κ3) is 7.49. The van der Waals surface area contributed by atoms with Crippen molar-refractivity contribution in [2.75, 3.05) is 20.8 Å². The molecule has 2 rings (SSSR count). The molecule has 0 bridgehead atoms. The number of benzene rings is 2. The van der Waals surface area contributed by atoms with Gasteiger partial charge in [0.15, 0.2) is 6.29 Å². The van der Waals surface area contributed by atoms with Gasteiger partial charge in [-0.2, -0.15) is 0 Å². The molecule has 0 radical (unpaired) electrons. The van der Waals surface area contributed by atoms with Crippen molar-refractivity contribution in [3.8, 4) is 22.6 Å². The van der Waals surface area contributed by atoms with Crippen LogP contribution in [0.2, 0.25) is 0 Å². The number of carbonyl (C=O) groups is 2. The number of sulfonamides is 1. The average molecular weight is 510 g/mol. The van der Waals surface area contributed by atoms with Crippen molar-refractivity contribution in [3.05, 3.63) is 41.5 Å². The Labute approximate surface area is 205 Å². The molecule has 2 aromatic rings. The zero-order valence-electron chi connectivity index (χ0n) is 20.6. The fourth-order valence-corrected chi connectivity index (χ4v) is 4.76. The summed E-state index contributed by atoms with van der Waals surface area (Å²) >= 11 is 0. The van der Waals surface area contributed by atoms with Gasteiger partial charge >= 0.3 is 12.4 Å². The maximum atomic E-state index is 13.0. The molecule has 0 fully saturated rings. The van der Waals surface area contributed by atoms with Crippen molar-refractivity contribution in [2.45, 2.75) is 51.0 Å². The van der Waals surface area contributed by atoms with Crippen LogP contribution in [0.1, 0.15) is 43.6 Å². The number of methoxy groups -OCH3 is 2. The minimum absolute atomic E-state index is 0.0195. The molecule has 1 unspecified atom stereocenters. The maximum Gasteiger partial charge on any atom is 0.315 e. The van der Waals surface area contributed by atoms with E-state index in [0.717, 1.165) is 0 Å². The van der Waals surface area contributed by atoms with Crippen LogP contribution in [0, 0.1) is 0 Å². The van der Waals surface area contributed by atoms with Gasteiger partial charge in [0.25, 0.3) is 0 Å². The van der Waals surface area contributed by atoms with Crippen molar-refractivity contribution in [2.24, 2.45) is 0 Å². The van der Waals surface area contributed by atoms with Gasteiger partial charge in [-0.15, -0.1) is 0 Å². The molecule has 11 heteroatoms. The SMILES string of the molecule is CCOC(OC)Oc1c(C=O)cc(CC(=O)O)cc1-c1cc(S(=O)(=O)NC(C)(C)C)ccc1OC. The van der Waals surface area contributed by atoms with Crippen molar-refractivity contribution >= 4 is 22.3 Å². The van der Waals surface area contributed by atoms with E-state index in [9.17, 15) is 23.1 Å². The minimum Gasteiger partial charge on any atom is -0.496 e. The summed E-state index contributed by atoms with van der Waals surface area (Å²) in [6, 6.07) is 7.11. The lowest BCUT2D eigenvalue weighted by Crippen LogP contribution is -2.40. The molecule has 35 heavy (non-hydrogen) atoms. The van der Waals surface area contributed by atoms with Crippen LogP contribution in [-0.2, 0) is 30.7 Å². The first-order valence-corrected chi connectivity index (χ1v) is 12.2. The summed E-state index contributed by atoms with van der Waals surface area (Å²) in [4.78, 5) is 23.3. The lowest BCUT2D eigenvalue weighted by Gasteiger charge is -2.23. The third-order valence-electron chi connectivity index (χ3n) is 4.58. The normalized spacial score (nSPS) is 12.7. The Kier molecular flexibility index (Phi) is 9.38. The first kappa shape index (κ1) is 28.2. The number of hydrogen-bond acceptors (Lipinski definition) is 8. The quantitative estimate of drug-likeness (QED) is 0.326. The monoisotopic (exact) mass is 509 g/mol. The number of rotatable bonds is 12. The Morgan fingerprint density at radius 2 is 1.83 bits per heavy atom. The first-order valence-electron chi connectivity index (χ1n) is 10.7. The van der Waals surface area contributed by atoms with E-state index in [4.69, 9.17) is 18.9 Å². The summed E-state index contributed by atoms with van der Waals surface area (Å²) in [5.74, 6) is -0.812. The van der Waals surface area contributed by atoms with Gasteiger partial charge in [0, 0.05) is 23.8 Å². The number of carboxylic acids is 1. The number of carboxylic acid groups (broad SMARTS) is 1. The minimum atomic E-state index is -3.93. The van der Waals surface area contributed by atoms with E-state index in [1.165, 1.54) is 44.6 Å². The van der Waals surface area contributed by atoms with Gasteiger partial charge in [-0.05, 0) is 63.6 Å². The van der Waals surface area contributed by atoms with Gasteiger partial charge in [0.2, 0.25) is 10.0 Å². The second kappa shape index (κ2) is 11.6. The predicted octanol–water partition coefficient (Wildman–Crippen LogP) is 3.22. The fraction of sp³-hybridized carbons (Fsp3) is 0.417. The summed E-state index contributed by atoms with van der Waals surface area (Å²) in [5, 5.41) is 9.30. The van der Waals surface area contributed by atoms with E-state index in [0.29, 0.717) is 11.8 Å². The van der Waals surface area contributed by atoms with E-state index in [1.807, 2.05) is 0 Å². The summed E-state index contributed by atoms with van der Waals surface area (Å²) in [6.45, 7) is 5.94. The highest BCUT2D eigenvalue weighted by atomic mass is 32.2. The van der Waals surface area contributed by atoms with Gasteiger partial charge in [-0.3, -0.25) is 9.59 Å². The van der Waals surface area contributed by atoms with Crippen LogP contribution < -0.4 is 14.2 Å². The Morgan fingerprint density at radius 1 is 1.14 bits per heavy atom. The van der Waals surface area contributed by atoms with Crippen molar-refractivity contribution in [1.82, 2.24) is 4.72 Å². The Bertz CT molecular complexity index is 1170.